The van der Waals surface area contributed by atoms with E-state index < -0.39 is 29.5 Å². The predicted molar refractivity (Wildman–Crippen MR) is 95.7 cm³/mol. The van der Waals surface area contributed by atoms with E-state index in [9.17, 15) is 18.4 Å². The molecule has 9 nitrogen and oxygen atoms in total. The van der Waals surface area contributed by atoms with Crippen molar-refractivity contribution in [2.24, 2.45) is 0 Å². The van der Waals surface area contributed by atoms with E-state index in [1.807, 2.05) is 13.8 Å². The first-order valence-electron chi connectivity index (χ1n) is 8.19. The van der Waals surface area contributed by atoms with Gasteiger partial charge in [0.25, 0.3) is 0 Å². The number of halogens is 2. The SMILES string of the molecule is CCN(CC(=O)Nc1cc(F)ccc1F)CC(=O)NC(C)C.O=C(O)C(=O)O. The molecular formula is C17H23F2N3O6. The van der Waals surface area contributed by atoms with Gasteiger partial charge in [-0.25, -0.2) is 18.4 Å². The lowest BCUT2D eigenvalue weighted by Gasteiger charge is -2.20. The number of carbonyl (C=O) groups is 4. The van der Waals surface area contributed by atoms with Crippen LogP contribution in [0, 0.1) is 11.6 Å². The van der Waals surface area contributed by atoms with Gasteiger partial charge < -0.3 is 20.8 Å². The minimum Gasteiger partial charge on any atom is -0.473 e. The predicted octanol–water partition coefficient (Wildman–Crippen LogP) is 0.905. The van der Waals surface area contributed by atoms with Crippen LogP contribution < -0.4 is 10.6 Å². The molecule has 0 aliphatic rings. The van der Waals surface area contributed by atoms with Gasteiger partial charge in [0.15, 0.2) is 0 Å². The van der Waals surface area contributed by atoms with Gasteiger partial charge in [-0.2, -0.15) is 0 Å². The van der Waals surface area contributed by atoms with Crippen molar-refractivity contribution in [3.05, 3.63) is 29.8 Å². The number of amides is 2. The summed E-state index contributed by atoms with van der Waals surface area (Å²) in [5.41, 5.74) is -0.215. The molecule has 1 aromatic rings. The Morgan fingerprint density at radius 1 is 1.04 bits per heavy atom. The van der Waals surface area contributed by atoms with Crippen molar-refractivity contribution in [1.29, 1.82) is 0 Å². The fraction of sp³-hybridized carbons (Fsp3) is 0.412. The Morgan fingerprint density at radius 2 is 1.57 bits per heavy atom. The smallest absolute Gasteiger partial charge is 0.414 e. The molecule has 0 bridgehead atoms. The van der Waals surface area contributed by atoms with E-state index in [2.05, 4.69) is 10.6 Å². The number of hydrogen-bond acceptors (Lipinski definition) is 5. The lowest BCUT2D eigenvalue weighted by molar-refractivity contribution is -0.159. The number of carbonyl (C=O) groups excluding carboxylic acids is 2. The Hall–Kier alpha value is -3.08. The van der Waals surface area contributed by atoms with Gasteiger partial charge >= 0.3 is 11.9 Å². The van der Waals surface area contributed by atoms with Gasteiger partial charge in [0.1, 0.15) is 11.6 Å². The summed E-state index contributed by atoms with van der Waals surface area (Å²) in [7, 11) is 0. The second kappa shape index (κ2) is 12.3. The normalized spacial score (nSPS) is 10.1. The number of nitrogens with zero attached hydrogens (tertiary/aromatic N) is 1. The lowest BCUT2D eigenvalue weighted by atomic mass is 10.3. The third-order valence-electron chi connectivity index (χ3n) is 3.02. The maximum absolute atomic E-state index is 13.4. The maximum atomic E-state index is 13.4. The summed E-state index contributed by atoms with van der Waals surface area (Å²) in [5.74, 6) is -5.70. The van der Waals surface area contributed by atoms with Crippen LogP contribution in [0.1, 0.15) is 20.8 Å². The molecule has 0 spiro atoms. The number of carboxylic acid groups (broad SMARTS) is 2. The Bertz CT molecular complexity index is 700. The summed E-state index contributed by atoms with van der Waals surface area (Å²) in [6.45, 7) is 5.94. The number of rotatable bonds is 7. The maximum Gasteiger partial charge on any atom is 0.414 e. The molecule has 0 aromatic heterocycles. The zero-order valence-electron chi connectivity index (χ0n) is 15.7. The number of likely N-dealkylation sites (N-methyl/N-ethyl adjacent to an activating group) is 1. The number of carboxylic acids is 2. The standard InChI is InChI=1S/C15H21F2N3O2.C2H2O4/c1-4-20(8-14(21)18-10(2)3)9-15(22)19-13-7-11(16)5-6-12(13)17;3-1(4)2(5)6/h5-7,10H,4,8-9H2,1-3H3,(H,18,21)(H,19,22);(H,3,4)(H,5,6). The number of benzene rings is 1. The van der Waals surface area contributed by atoms with Crippen LogP contribution in [-0.2, 0) is 19.2 Å². The second-order valence-corrected chi connectivity index (χ2v) is 5.81. The van der Waals surface area contributed by atoms with E-state index >= 15 is 0 Å². The summed E-state index contributed by atoms with van der Waals surface area (Å²) in [6.07, 6.45) is 0. The van der Waals surface area contributed by atoms with Crippen LogP contribution in [0.2, 0.25) is 0 Å². The summed E-state index contributed by atoms with van der Waals surface area (Å²) in [5, 5.41) is 19.8. The molecule has 11 heteroatoms. The van der Waals surface area contributed by atoms with Crippen LogP contribution in [0.5, 0.6) is 0 Å². The van der Waals surface area contributed by atoms with Crippen LogP contribution >= 0.6 is 0 Å². The average Bonchev–Trinajstić information content (AvgIpc) is 2.57. The van der Waals surface area contributed by atoms with Gasteiger partial charge in [0.05, 0.1) is 18.8 Å². The number of aliphatic carboxylic acids is 2. The Labute approximate surface area is 160 Å². The fourth-order valence-electron chi connectivity index (χ4n) is 1.84. The molecule has 4 N–H and O–H groups in total. The van der Waals surface area contributed by atoms with Gasteiger partial charge in [-0.05, 0) is 32.5 Å². The fourth-order valence-corrected chi connectivity index (χ4v) is 1.84. The van der Waals surface area contributed by atoms with E-state index in [-0.39, 0.29) is 30.7 Å². The molecule has 0 aliphatic heterocycles. The molecule has 1 rings (SSSR count). The molecule has 0 saturated carbocycles. The van der Waals surface area contributed by atoms with Crippen molar-refractivity contribution in [3.63, 3.8) is 0 Å². The molecule has 0 unspecified atom stereocenters. The molecule has 0 aliphatic carbocycles. The summed E-state index contributed by atoms with van der Waals surface area (Å²) in [6, 6.07) is 2.84. The first kappa shape index (κ1) is 24.9. The van der Waals surface area contributed by atoms with E-state index in [1.165, 1.54) is 0 Å². The number of anilines is 1. The summed E-state index contributed by atoms with van der Waals surface area (Å²) >= 11 is 0. The van der Waals surface area contributed by atoms with E-state index in [1.54, 1.807) is 11.8 Å². The van der Waals surface area contributed by atoms with Gasteiger partial charge in [-0.1, -0.05) is 6.92 Å². The minimum absolute atomic E-state index is 0.0152. The topological polar surface area (TPSA) is 136 Å². The van der Waals surface area contributed by atoms with Crippen LogP contribution in [0.4, 0.5) is 14.5 Å². The van der Waals surface area contributed by atoms with Crippen molar-refractivity contribution in [3.8, 4) is 0 Å². The lowest BCUT2D eigenvalue weighted by Crippen LogP contribution is -2.42. The van der Waals surface area contributed by atoms with Gasteiger partial charge in [0, 0.05) is 12.1 Å². The van der Waals surface area contributed by atoms with Crippen molar-refractivity contribution in [2.75, 3.05) is 25.0 Å². The molecular weight excluding hydrogens is 380 g/mol. The molecule has 0 radical (unpaired) electrons. The Morgan fingerprint density at radius 3 is 2.04 bits per heavy atom. The van der Waals surface area contributed by atoms with Crippen molar-refractivity contribution in [2.45, 2.75) is 26.8 Å². The molecule has 28 heavy (non-hydrogen) atoms. The number of hydrogen-bond donors (Lipinski definition) is 4. The van der Waals surface area contributed by atoms with Gasteiger partial charge in [0.2, 0.25) is 11.8 Å². The highest BCUT2D eigenvalue weighted by Crippen LogP contribution is 2.15. The average molecular weight is 403 g/mol. The number of nitrogens with one attached hydrogen (secondary N) is 2. The first-order chi connectivity index (χ1) is 13.0. The molecule has 0 heterocycles. The minimum atomic E-state index is -1.82. The molecule has 0 fully saturated rings. The van der Waals surface area contributed by atoms with E-state index in [4.69, 9.17) is 19.8 Å². The van der Waals surface area contributed by atoms with Crippen LogP contribution in [0.15, 0.2) is 18.2 Å². The highest BCUT2D eigenvalue weighted by atomic mass is 19.1. The Kier molecular flexibility index (Phi) is 11.0. The summed E-state index contributed by atoms with van der Waals surface area (Å²) < 4.78 is 26.5. The van der Waals surface area contributed by atoms with Crippen molar-refractivity contribution >= 4 is 29.4 Å². The van der Waals surface area contributed by atoms with E-state index in [0.717, 1.165) is 18.2 Å². The summed E-state index contributed by atoms with van der Waals surface area (Å²) in [4.78, 5) is 43.3. The zero-order valence-corrected chi connectivity index (χ0v) is 15.7. The quantitative estimate of drug-likeness (QED) is 0.497. The van der Waals surface area contributed by atoms with E-state index in [0.29, 0.717) is 6.54 Å². The monoisotopic (exact) mass is 403 g/mol. The molecule has 0 atom stereocenters. The van der Waals surface area contributed by atoms with Gasteiger partial charge in [-0.15, -0.1) is 0 Å². The molecule has 156 valence electrons. The van der Waals surface area contributed by atoms with Crippen LogP contribution in [-0.4, -0.2) is 64.5 Å². The Balaban J connectivity index is 0.00000105. The van der Waals surface area contributed by atoms with Crippen molar-refractivity contribution in [1.82, 2.24) is 10.2 Å². The molecule has 1 aromatic carbocycles. The molecule has 2 amide bonds. The van der Waals surface area contributed by atoms with Gasteiger partial charge in [-0.3, -0.25) is 14.5 Å². The molecule has 0 saturated heterocycles. The van der Waals surface area contributed by atoms with Crippen LogP contribution in [0.25, 0.3) is 0 Å². The third kappa shape index (κ3) is 10.8. The highest BCUT2D eigenvalue weighted by Gasteiger charge is 2.15. The van der Waals surface area contributed by atoms with Crippen LogP contribution in [0.3, 0.4) is 0 Å². The zero-order chi connectivity index (χ0) is 21.9. The third-order valence-corrected chi connectivity index (χ3v) is 3.02. The first-order valence-corrected chi connectivity index (χ1v) is 8.19. The second-order valence-electron chi connectivity index (χ2n) is 5.81. The highest BCUT2D eigenvalue weighted by molar-refractivity contribution is 6.27. The largest absolute Gasteiger partial charge is 0.473 e. The van der Waals surface area contributed by atoms with Crippen molar-refractivity contribution < 1.29 is 38.2 Å².